The van der Waals surface area contributed by atoms with Gasteiger partial charge >= 0.3 is 0 Å². The molecule has 0 bridgehead atoms. The standard InChI is InChI=1S/C17H25N3O3S/c1-13(21)19-15-4-6-16(7-5-15)24(22,23)20-11-8-14(9-12-20)17-3-2-10-18-17/h4-7,14,17-18H,2-3,8-12H2,1H3,(H,19,21). The van der Waals surface area contributed by atoms with E-state index in [0.29, 0.717) is 30.7 Å². The summed E-state index contributed by atoms with van der Waals surface area (Å²) >= 11 is 0. The van der Waals surface area contributed by atoms with Gasteiger partial charge in [-0.15, -0.1) is 0 Å². The van der Waals surface area contributed by atoms with Crippen molar-refractivity contribution in [3.63, 3.8) is 0 Å². The van der Waals surface area contributed by atoms with Gasteiger partial charge in [-0.05, 0) is 62.4 Å². The number of hydrogen-bond donors (Lipinski definition) is 2. The van der Waals surface area contributed by atoms with Crippen LogP contribution in [0.2, 0.25) is 0 Å². The van der Waals surface area contributed by atoms with Gasteiger partial charge in [0, 0.05) is 31.7 Å². The zero-order valence-corrected chi connectivity index (χ0v) is 14.8. The monoisotopic (exact) mass is 351 g/mol. The summed E-state index contributed by atoms with van der Waals surface area (Å²) in [7, 11) is -3.45. The van der Waals surface area contributed by atoms with E-state index in [1.165, 1.54) is 19.8 Å². The van der Waals surface area contributed by atoms with Gasteiger partial charge in [-0.3, -0.25) is 4.79 Å². The lowest BCUT2D eigenvalue weighted by Crippen LogP contribution is -2.43. The van der Waals surface area contributed by atoms with Crippen LogP contribution in [0, 0.1) is 5.92 Å². The molecule has 24 heavy (non-hydrogen) atoms. The second kappa shape index (κ2) is 7.21. The fourth-order valence-electron chi connectivity index (χ4n) is 3.69. The van der Waals surface area contributed by atoms with E-state index >= 15 is 0 Å². The predicted octanol–water partition coefficient (Wildman–Crippen LogP) is 1.80. The first-order chi connectivity index (χ1) is 11.5. The largest absolute Gasteiger partial charge is 0.326 e. The van der Waals surface area contributed by atoms with E-state index in [1.807, 2.05) is 0 Å². The van der Waals surface area contributed by atoms with Gasteiger partial charge in [0.15, 0.2) is 0 Å². The summed E-state index contributed by atoms with van der Waals surface area (Å²) in [5, 5.41) is 6.18. The highest BCUT2D eigenvalue weighted by Gasteiger charge is 2.33. The molecule has 6 nitrogen and oxygen atoms in total. The Balaban J connectivity index is 1.64. The third-order valence-electron chi connectivity index (χ3n) is 4.98. The van der Waals surface area contributed by atoms with Gasteiger partial charge in [0.1, 0.15) is 0 Å². The van der Waals surface area contributed by atoms with Crippen molar-refractivity contribution in [2.75, 3.05) is 25.0 Å². The number of hydrogen-bond acceptors (Lipinski definition) is 4. The summed E-state index contributed by atoms with van der Waals surface area (Å²) in [6.07, 6.45) is 4.27. The Morgan fingerprint density at radius 1 is 1.17 bits per heavy atom. The molecule has 2 aliphatic rings. The molecule has 2 heterocycles. The maximum absolute atomic E-state index is 12.8. The lowest BCUT2D eigenvalue weighted by molar-refractivity contribution is -0.114. The first-order valence-electron chi connectivity index (χ1n) is 8.58. The fraction of sp³-hybridized carbons (Fsp3) is 0.588. The van der Waals surface area contributed by atoms with Crippen molar-refractivity contribution in [1.29, 1.82) is 0 Å². The van der Waals surface area contributed by atoms with E-state index in [9.17, 15) is 13.2 Å². The van der Waals surface area contributed by atoms with Crippen LogP contribution in [0.3, 0.4) is 0 Å². The molecule has 0 radical (unpaired) electrons. The van der Waals surface area contributed by atoms with Gasteiger partial charge in [-0.1, -0.05) is 0 Å². The van der Waals surface area contributed by atoms with Crippen LogP contribution >= 0.6 is 0 Å². The van der Waals surface area contributed by atoms with Crippen molar-refractivity contribution in [1.82, 2.24) is 9.62 Å². The summed E-state index contributed by atoms with van der Waals surface area (Å²) in [6.45, 7) is 3.68. The zero-order chi connectivity index (χ0) is 17.2. The molecule has 2 aliphatic heterocycles. The number of benzene rings is 1. The molecular formula is C17H25N3O3S. The highest BCUT2D eigenvalue weighted by molar-refractivity contribution is 7.89. The average Bonchev–Trinajstić information content (AvgIpc) is 3.09. The smallest absolute Gasteiger partial charge is 0.243 e. The predicted molar refractivity (Wildman–Crippen MR) is 93.3 cm³/mol. The Bertz CT molecular complexity index is 674. The lowest BCUT2D eigenvalue weighted by atomic mass is 9.89. The first kappa shape index (κ1) is 17.4. The molecule has 2 N–H and O–H groups in total. The number of carbonyl (C=O) groups excluding carboxylic acids is 1. The van der Waals surface area contributed by atoms with Gasteiger partial charge in [0.25, 0.3) is 0 Å². The topological polar surface area (TPSA) is 78.5 Å². The molecule has 1 unspecified atom stereocenters. The number of amides is 1. The van der Waals surface area contributed by atoms with Crippen LogP contribution in [0.4, 0.5) is 5.69 Å². The second-order valence-electron chi connectivity index (χ2n) is 6.65. The number of piperidine rings is 1. The van der Waals surface area contributed by atoms with Crippen LogP contribution in [0.1, 0.15) is 32.6 Å². The Morgan fingerprint density at radius 3 is 2.38 bits per heavy atom. The number of nitrogens with one attached hydrogen (secondary N) is 2. The lowest BCUT2D eigenvalue weighted by Gasteiger charge is -2.34. The molecule has 2 fully saturated rings. The van der Waals surface area contributed by atoms with Gasteiger partial charge in [-0.2, -0.15) is 4.31 Å². The van der Waals surface area contributed by atoms with Crippen LogP contribution in [0.5, 0.6) is 0 Å². The molecule has 1 aromatic carbocycles. The zero-order valence-electron chi connectivity index (χ0n) is 14.0. The van der Waals surface area contributed by atoms with E-state index in [-0.39, 0.29) is 10.8 Å². The summed E-state index contributed by atoms with van der Waals surface area (Å²) in [6, 6.07) is 6.94. The van der Waals surface area contributed by atoms with E-state index in [0.717, 1.165) is 19.4 Å². The van der Waals surface area contributed by atoms with Crippen molar-refractivity contribution in [2.24, 2.45) is 5.92 Å². The van der Waals surface area contributed by atoms with E-state index in [4.69, 9.17) is 0 Å². The molecule has 0 aliphatic carbocycles. The molecule has 132 valence electrons. The van der Waals surface area contributed by atoms with Crippen LogP contribution < -0.4 is 10.6 Å². The quantitative estimate of drug-likeness (QED) is 0.867. The summed E-state index contributed by atoms with van der Waals surface area (Å²) in [5.41, 5.74) is 0.604. The molecule has 1 atom stereocenters. The van der Waals surface area contributed by atoms with E-state index in [2.05, 4.69) is 10.6 Å². The van der Waals surface area contributed by atoms with Crippen molar-refractivity contribution in [3.05, 3.63) is 24.3 Å². The summed E-state index contributed by atoms with van der Waals surface area (Å²) in [5.74, 6) is 0.411. The van der Waals surface area contributed by atoms with Crippen LogP contribution in [0.25, 0.3) is 0 Å². The first-order valence-corrected chi connectivity index (χ1v) is 10.0. The van der Waals surface area contributed by atoms with Gasteiger partial charge in [-0.25, -0.2) is 8.42 Å². The third-order valence-corrected chi connectivity index (χ3v) is 6.89. The Hall–Kier alpha value is -1.44. The molecule has 1 aromatic rings. The summed E-state index contributed by atoms with van der Waals surface area (Å²) in [4.78, 5) is 11.3. The molecule has 7 heteroatoms. The van der Waals surface area contributed by atoms with Crippen molar-refractivity contribution in [2.45, 2.75) is 43.5 Å². The number of rotatable bonds is 4. The van der Waals surface area contributed by atoms with Gasteiger partial charge in [0.2, 0.25) is 15.9 Å². The number of nitrogens with zero attached hydrogens (tertiary/aromatic N) is 1. The maximum atomic E-state index is 12.8. The molecule has 1 amide bonds. The van der Waals surface area contributed by atoms with Gasteiger partial charge in [0.05, 0.1) is 4.90 Å². The van der Waals surface area contributed by atoms with Crippen LogP contribution in [-0.2, 0) is 14.8 Å². The summed E-state index contributed by atoms with van der Waals surface area (Å²) < 4.78 is 27.1. The molecule has 0 saturated carbocycles. The molecule has 0 aromatic heterocycles. The van der Waals surface area contributed by atoms with E-state index < -0.39 is 10.0 Å². The Kier molecular flexibility index (Phi) is 5.22. The number of anilines is 1. The van der Waals surface area contributed by atoms with Gasteiger partial charge < -0.3 is 10.6 Å². The van der Waals surface area contributed by atoms with Crippen molar-refractivity contribution >= 4 is 21.6 Å². The van der Waals surface area contributed by atoms with Crippen molar-refractivity contribution < 1.29 is 13.2 Å². The highest BCUT2D eigenvalue weighted by atomic mass is 32.2. The average molecular weight is 351 g/mol. The minimum Gasteiger partial charge on any atom is -0.326 e. The van der Waals surface area contributed by atoms with Crippen molar-refractivity contribution in [3.8, 4) is 0 Å². The highest BCUT2D eigenvalue weighted by Crippen LogP contribution is 2.29. The Labute approximate surface area is 143 Å². The van der Waals surface area contributed by atoms with Crippen LogP contribution in [-0.4, -0.2) is 44.3 Å². The second-order valence-corrected chi connectivity index (χ2v) is 8.59. The maximum Gasteiger partial charge on any atom is 0.243 e. The van der Waals surface area contributed by atoms with E-state index in [1.54, 1.807) is 28.6 Å². The minimum absolute atomic E-state index is 0.173. The molecular weight excluding hydrogens is 326 g/mol. The molecule has 0 spiro atoms. The third kappa shape index (κ3) is 3.79. The molecule has 3 rings (SSSR count). The fourth-order valence-corrected chi connectivity index (χ4v) is 5.16. The minimum atomic E-state index is -3.45. The number of sulfonamides is 1. The molecule has 2 saturated heterocycles. The normalized spacial score (nSPS) is 23.3. The van der Waals surface area contributed by atoms with Crippen LogP contribution in [0.15, 0.2) is 29.2 Å². The Morgan fingerprint density at radius 2 is 1.83 bits per heavy atom. The SMILES string of the molecule is CC(=O)Nc1ccc(S(=O)(=O)N2CCC(C3CCCN3)CC2)cc1. The number of carbonyl (C=O) groups is 1.